The zero-order chi connectivity index (χ0) is 26.7. The molecule has 1 aliphatic heterocycles. The van der Waals surface area contributed by atoms with Crippen molar-refractivity contribution in [3.63, 3.8) is 0 Å². The van der Waals surface area contributed by atoms with Crippen molar-refractivity contribution in [1.82, 2.24) is 20.8 Å². The highest BCUT2D eigenvalue weighted by Crippen LogP contribution is 2.27. The Kier molecular flexibility index (Phi) is 11.8. The van der Waals surface area contributed by atoms with Gasteiger partial charge in [-0.15, -0.1) is 10.2 Å². The van der Waals surface area contributed by atoms with E-state index < -0.39 is 11.6 Å². The van der Waals surface area contributed by atoms with Gasteiger partial charge in [-0.25, -0.2) is 0 Å². The minimum Gasteiger partial charge on any atom is -0.460 e. The Morgan fingerprint density at radius 1 is 1.05 bits per heavy atom. The summed E-state index contributed by atoms with van der Waals surface area (Å²) in [5, 5.41) is 14.6. The van der Waals surface area contributed by atoms with Gasteiger partial charge in [-0.3, -0.25) is 14.4 Å². The van der Waals surface area contributed by atoms with Crippen LogP contribution in [0.3, 0.4) is 0 Å². The van der Waals surface area contributed by atoms with E-state index in [4.69, 9.17) is 13.9 Å². The summed E-state index contributed by atoms with van der Waals surface area (Å²) in [6.07, 6.45) is 7.49. The average Bonchev–Trinajstić information content (AvgIpc) is 3.35. The number of thioether (sulfide) groups is 1. The zero-order valence-electron chi connectivity index (χ0n) is 22.4. The highest BCUT2D eigenvalue weighted by molar-refractivity contribution is 7.99. The lowest BCUT2D eigenvalue weighted by Gasteiger charge is -2.31. The van der Waals surface area contributed by atoms with Gasteiger partial charge in [0, 0.05) is 37.9 Å². The van der Waals surface area contributed by atoms with E-state index in [1.165, 1.54) is 11.8 Å². The number of aromatic nitrogens is 2. The van der Waals surface area contributed by atoms with Gasteiger partial charge in [-0.1, -0.05) is 31.0 Å². The molecule has 2 fully saturated rings. The van der Waals surface area contributed by atoms with Gasteiger partial charge in [0.25, 0.3) is 11.1 Å². The number of ketones is 1. The summed E-state index contributed by atoms with van der Waals surface area (Å²) in [7, 11) is 0. The molecule has 1 amide bonds. The lowest BCUT2D eigenvalue weighted by molar-refractivity contribution is -0.154. The van der Waals surface area contributed by atoms with Crippen LogP contribution in [0.15, 0.2) is 9.64 Å². The Morgan fingerprint density at radius 3 is 2.49 bits per heavy atom. The molecular weight excluding hydrogens is 496 g/mol. The lowest BCUT2D eigenvalue weighted by atomic mass is 9.86. The van der Waals surface area contributed by atoms with Gasteiger partial charge >= 0.3 is 5.97 Å². The number of rotatable bonds is 13. The van der Waals surface area contributed by atoms with E-state index in [-0.39, 0.29) is 35.4 Å². The second-order valence-corrected chi connectivity index (χ2v) is 11.8. The Morgan fingerprint density at radius 2 is 1.78 bits per heavy atom. The third-order valence-corrected chi connectivity index (χ3v) is 7.39. The third kappa shape index (κ3) is 10.4. The van der Waals surface area contributed by atoms with Crippen LogP contribution < -0.4 is 10.6 Å². The molecule has 11 heteroatoms. The molecule has 1 saturated heterocycles. The molecule has 0 radical (unpaired) electrons. The molecule has 0 bridgehead atoms. The number of amides is 1. The fourth-order valence-electron chi connectivity index (χ4n) is 4.67. The van der Waals surface area contributed by atoms with Crippen LogP contribution in [-0.2, 0) is 19.1 Å². The molecule has 1 aliphatic carbocycles. The standard InChI is InChI=1S/C26H42N4O6S/c1-26(2,3)36-20(31)10-7-13-27-14-17-37-25-30-29-24(35-25)22(32)21(18-11-15-34-16-12-18)28-23(33)19-8-5-4-6-9-19/h18-19,21,27H,4-17H2,1-3H3,(H,28,33). The van der Waals surface area contributed by atoms with Crippen LogP contribution in [0.4, 0.5) is 0 Å². The predicted octanol–water partition coefficient (Wildman–Crippen LogP) is 3.55. The van der Waals surface area contributed by atoms with Crippen LogP contribution in [0.2, 0.25) is 0 Å². The fraction of sp³-hybridized carbons (Fsp3) is 0.808. The summed E-state index contributed by atoms with van der Waals surface area (Å²) in [6.45, 7) is 8.10. The quantitative estimate of drug-likeness (QED) is 0.166. The van der Waals surface area contributed by atoms with E-state index in [1.807, 2.05) is 20.8 Å². The van der Waals surface area contributed by atoms with E-state index in [9.17, 15) is 14.4 Å². The van der Waals surface area contributed by atoms with Crippen molar-refractivity contribution < 1.29 is 28.3 Å². The summed E-state index contributed by atoms with van der Waals surface area (Å²) in [6, 6.07) is -0.678. The molecule has 2 heterocycles. The van der Waals surface area contributed by atoms with Crippen LogP contribution in [-0.4, -0.2) is 71.6 Å². The first kappa shape index (κ1) is 29.6. The molecule has 2 N–H and O–H groups in total. The number of nitrogens with one attached hydrogen (secondary N) is 2. The minimum absolute atomic E-state index is 0.0123. The van der Waals surface area contributed by atoms with Gasteiger partial charge in [0.05, 0.1) is 0 Å². The summed E-state index contributed by atoms with van der Waals surface area (Å²) in [5.41, 5.74) is -0.461. The Hall–Kier alpha value is -1.98. The monoisotopic (exact) mass is 538 g/mol. The largest absolute Gasteiger partial charge is 0.460 e. The van der Waals surface area contributed by atoms with E-state index in [2.05, 4.69) is 20.8 Å². The molecule has 1 atom stereocenters. The SMILES string of the molecule is CC(C)(C)OC(=O)CCCNCCSc1nnc(C(=O)C(NC(=O)C2CCCCC2)C2CCOCC2)o1. The maximum Gasteiger partial charge on any atom is 0.306 e. The zero-order valence-corrected chi connectivity index (χ0v) is 23.2. The van der Waals surface area contributed by atoms with Crippen LogP contribution in [0.25, 0.3) is 0 Å². The smallest absolute Gasteiger partial charge is 0.306 e. The summed E-state index contributed by atoms with van der Waals surface area (Å²) >= 11 is 1.36. The second-order valence-electron chi connectivity index (χ2n) is 10.8. The van der Waals surface area contributed by atoms with E-state index in [0.29, 0.717) is 63.0 Å². The normalized spacial score (nSPS) is 18.4. The molecule has 2 aliphatic rings. The molecule has 1 saturated carbocycles. The number of Topliss-reactive ketones (excluding diaryl/α,β-unsaturated/α-hetero) is 1. The Labute approximate surface area is 223 Å². The molecule has 0 aromatic carbocycles. The fourth-order valence-corrected chi connectivity index (χ4v) is 5.33. The molecule has 3 rings (SSSR count). The van der Waals surface area contributed by atoms with Crippen molar-refractivity contribution >= 4 is 29.4 Å². The molecule has 1 aromatic heterocycles. The van der Waals surface area contributed by atoms with E-state index >= 15 is 0 Å². The van der Waals surface area contributed by atoms with Crippen molar-refractivity contribution in [1.29, 1.82) is 0 Å². The Balaban J connectivity index is 1.44. The molecule has 37 heavy (non-hydrogen) atoms. The molecule has 208 valence electrons. The van der Waals surface area contributed by atoms with Crippen LogP contribution in [0.5, 0.6) is 0 Å². The van der Waals surface area contributed by atoms with Gasteiger partial charge in [0.15, 0.2) is 0 Å². The number of hydrogen-bond donors (Lipinski definition) is 2. The van der Waals surface area contributed by atoms with Gasteiger partial charge in [-0.2, -0.15) is 0 Å². The third-order valence-electron chi connectivity index (χ3n) is 6.57. The van der Waals surface area contributed by atoms with Gasteiger partial charge in [-0.05, 0) is 65.3 Å². The molecule has 1 unspecified atom stereocenters. The van der Waals surface area contributed by atoms with Crippen molar-refractivity contribution in [2.75, 3.05) is 32.1 Å². The first-order valence-electron chi connectivity index (χ1n) is 13.5. The van der Waals surface area contributed by atoms with Gasteiger partial charge in [0.1, 0.15) is 11.6 Å². The highest BCUT2D eigenvalue weighted by atomic mass is 32.2. The van der Waals surface area contributed by atoms with Crippen molar-refractivity contribution in [2.24, 2.45) is 11.8 Å². The minimum atomic E-state index is -0.678. The number of hydrogen-bond acceptors (Lipinski definition) is 10. The van der Waals surface area contributed by atoms with Crippen molar-refractivity contribution in [3.8, 4) is 0 Å². The summed E-state index contributed by atoms with van der Waals surface area (Å²) in [5.74, 6) is 0.00131. The van der Waals surface area contributed by atoms with Gasteiger partial charge < -0.3 is 24.5 Å². The summed E-state index contributed by atoms with van der Waals surface area (Å²) < 4.78 is 16.4. The van der Waals surface area contributed by atoms with Crippen LogP contribution >= 0.6 is 11.8 Å². The molecule has 0 spiro atoms. The molecule has 10 nitrogen and oxygen atoms in total. The van der Waals surface area contributed by atoms with Crippen molar-refractivity contribution in [3.05, 3.63) is 5.89 Å². The lowest BCUT2D eigenvalue weighted by Crippen LogP contribution is -2.49. The number of nitrogens with zero attached hydrogens (tertiary/aromatic N) is 2. The molecular formula is C26H42N4O6S. The predicted molar refractivity (Wildman–Crippen MR) is 139 cm³/mol. The van der Waals surface area contributed by atoms with Crippen molar-refractivity contribution in [2.45, 2.75) is 95.4 Å². The maximum absolute atomic E-state index is 13.4. The number of carbonyl (C=O) groups is 3. The van der Waals surface area contributed by atoms with Crippen LogP contribution in [0, 0.1) is 11.8 Å². The Bertz CT molecular complexity index is 875. The topological polar surface area (TPSA) is 133 Å². The maximum atomic E-state index is 13.4. The number of ether oxygens (including phenoxy) is 2. The number of carbonyl (C=O) groups excluding carboxylic acids is 3. The van der Waals surface area contributed by atoms with E-state index in [1.54, 1.807) is 0 Å². The number of esters is 1. The first-order valence-corrected chi connectivity index (χ1v) is 14.5. The highest BCUT2D eigenvalue weighted by Gasteiger charge is 2.36. The molecule has 1 aromatic rings. The van der Waals surface area contributed by atoms with E-state index in [0.717, 1.165) is 32.1 Å². The van der Waals surface area contributed by atoms with Crippen LogP contribution in [0.1, 0.15) is 89.2 Å². The average molecular weight is 539 g/mol. The first-order chi connectivity index (χ1) is 17.7. The second kappa shape index (κ2) is 14.8. The summed E-state index contributed by atoms with van der Waals surface area (Å²) in [4.78, 5) is 38.0. The van der Waals surface area contributed by atoms with Gasteiger partial charge in [0.2, 0.25) is 11.7 Å².